The molecule has 9 heteroatoms. The number of amides is 1. The average molecular weight is 465 g/mol. The summed E-state index contributed by atoms with van der Waals surface area (Å²) < 4.78 is 39.1. The molecule has 7 nitrogen and oxygen atoms in total. The molecule has 31 heavy (non-hydrogen) atoms. The summed E-state index contributed by atoms with van der Waals surface area (Å²) in [5.74, 6) is 1.03. The Labute approximate surface area is 187 Å². The molecule has 166 valence electrons. The van der Waals surface area contributed by atoms with Crippen LogP contribution in [0.25, 0.3) is 0 Å². The highest BCUT2D eigenvalue weighted by Crippen LogP contribution is 2.34. The Bertz CT molecular complexity index is 1100. The topological polar surface area (TPSA) is 93.7 Å². The number of hydrogen-bond acceptors (Lipinski definition) is 5. The van der Waals surface area contributed by atoms with Gasteiger partial charge in [0.15, 0.2) is 11.5 Å². The molecule has 0 aromatic heterocycles. The summed E-state index contributed by atoms with van der Waals surface area (Å²) in [5.41, 5.74) is 1.11. The van der Waals surface area contributed by atoms with Crippen molar-refractivity contribution in [2.75, 3.05) is 13.2 Å². The summed E-state index contributed by atoms with van der Waals surface area (Å²) in [7, 11) is -3.78. The highest BCUT2D eigenvalue weighted by Gasteiger charge is 2.30. The maximum Gasteiger partial charge on any atom is 0.251 e. The number of benzene rings is 2. The van der Waals surface area contributed by atoms with Crippen LogP contribution in [0.5, 0.6) is 11.5 Å². The zero-order chi connectivity index (χ0) is 22.2. The fourth-order valence-electron chi connectivity index (χ4n) is 3.45. The van der Waals surface area contributed by atoms with Crippen molar-refractivity contribution in [2.24, 2.45) is 5.92 Å². The number of fused-ring (bicyclic) bond motifs is 1. The van der Waals surface area contributed by atoms with E-state index in [-0.39, 0.29) is 39.4 Å². The van der Waals surface area contributed by atoms with Gasteiger partial charge in [0.25, 0.3) is 5.91 Å². The van der Waals surface area contributed by atoms with Gasteiger partial charge in [-0.1, -0.05) is 31.5 Å². The molecular weight excluding hydrogens is 440 g/mol. The summed E-state index contributed by atoms with van der Waals surface area (Å²) in [4.78, 5) is 12.9. The molecular formula is C22H25ClN2O5S. The van der Waals surface area contributed by atoms with Gasteiger partial charge in [-0.2, -0.15) is 0 Å². The minimum absolute atomic E-state index is 0.0564. The summed E-state index contributed by atoms with van der Waals surface area (Å²) in [6.07, 6.45) is 1.62. The number of sulfonamides is 1. The van der Waals surface area contributed by atoms with Gasteiger partial charge >= 0.3 is 0 Å². The van der Waals surface area contributed by atoms with Crippen LogP contribution < -0.4 is 19.5 Å². The molecule has 1 heterocycles. The third kappa shape index (κ3) is 4.97. The van der Waals surface area contributed by atoms with E-state index in [1.165, 1.54) is 18.2 Å². The maximum absolute atomic E-state index is 13.0. The van der Waals surface area contributed by atoms with Gasteiger partial charge in [0.1, 0.15) is 18.1 Å². The van der Waals surface area contributed by atoms with Gasteiger partial charge in [-0.3, -0.25) is 4.79 Å². The van der Waals surface area contributed by atoms with Crippen LogP contribution in [0.1, 0.15) is 48.7 Å². The molecule has 1 amide bonds. The molecule has 0 bridgehead atoms. The number of ether oxygens (including phenoxy) is 2. The Hall–Kier alpha value is -2.29. The van der Waals surface area contributed by atoms with Gasteiger partial charge in [-0.15, -0.1) is 0 Å². The standard InChI is InChI=1S/C22H25ClN2O5S/c1-13(2)21(14-4-8-18-19(11-14)30-10-9-29-18)24-22(26)15-3-7-17(23)20(12-15)31(27,28)25-16-5-6-16/h3-4,7-8,11-13,16,21,25H,5-6,9-10H2,1-2H3,(H,24,26). The van der Waals surface area contributed by atoms with Crippen LogP contribution in [0.3, 0.4) is 0 Å². The molecule has 2 N–H and O–H groups in total. The fourth-order valence-corrected chi connectivity index (χ4v) is 5.28. The molecule has 1 aliphatic heterocycles. The van der Waals surface area contributed by atoms with Crippen molar-refractivity contribution in [1.82, 2.24) is 10.0 Å². The molecule has 2 aliphatic rings. The van der Waals surface area contributed by atoms with Crippen LogP contribution in [0.2, 0.25) is 5.02 Å². The van der Waals surface area contributed by atoms with Gasteiger partial charge in [-0.05, 0) is 54.7 Å². The quantitative estimate of drug-likeness (QED) is 0.652. The number of nitrogens with one attached hydrogen (secondary N) is 2. The van der Waals surface area contributed by atoms with Gasteiger partial charge in [0, 0.05) is 11.6 Å². The first-order chi connectivity index (χ1) is 14.7. The second kappa shape index (κ2) is 8.68. The van der Waals surface area contributed by atoms with Crippen molar-refractivity contribution < 1.29 is 22.7 Å². The van der Waals surface area contributed by atoms with E-state index in [0.717, 1.165) is 18.4 Å². The first-order valence-corrected chi connectivity index (χ1v) is 12.1. The molecule has 0 spiro atoms. The van der Waals surface area contributed by atoms with Crippen molar-refractivity contribution in [3.8, 4) is 11.5 Å². The first kappa shape index (κ1) is 21.9. The van der Waals surface area contributed by atoms with Crippen LogP contribution in [0.15, 0.2) is 41.3 Å². The van der Waals surface area contributed by atoms with Gasteiger partial charge in [0.2, 0.25) is 10.0 Å². The van der Waals surface area contributed by atoms with Crippen LogP contribution in [-0.4, -0.2) is 33.6 Å². The number of halogens is 1. The predicted octanol–water partition coefficient (Wildman–Crippen LogP) is 3.68. The Balaban J connectivity index is 1.58. The van der Waals surface area contributed by atoms with Crippen molar-refractivity contribution in [1.29, 1.82) is 0 Å². The zero-order valence-electron chi connectivity index (χ0n) is 17.4. The third-order valence-electron chi connectivity index (χ3n) is 5.26. The van der Waals surface area contributed by atoms with Gasteiger partial charge in [-0.25, -0.2) is 13.1 Å². The second-order valence-corrected chi connectivity index (χ2v) is 10.2. The van der Waals surface area contributed by atoms with E-state index < -0.39 is 10.0 Å². The van der Waals surface area contributed by atoms with Gasteiger partial charge in [0.05, 0.1) is 11.1 Å². The monoisotopic (exact) mass is 464 g/mol. The SMILES string of the molecule is CC(C)C(NC(=O)c1ccc(Cl)c(S(=O)(=O)NC2CC2)c1)c1ccc2c(c1)OCCO2. The molecule has 2 aromatic carbocycles. The van der Waals surface area contributed by atoms with E-state index in [9.17, 15) is 13.2 Å². The molecule has 1 atom stereocenters. The molecule has 1 aliphatic carbocycles. The number of hydrogen-bond donors (Lipinski definition) is 2. The summed E-state index contributed by atoms with van der Waals surface area (Å²) in [5, 5.41) is 3.09. The lowest BCUT2D eigenvalue weighted by molar-refractivity contribution is 0.0925. The molecule has 1 saturated carbocycles. The van der Waals surface area contributed by atoms with E-state index in [1.807, 2.05) is 32.0 Å². The fraction of sp³-hybridized carbons (Fsp3) is 0.409. The minimum Gasteiger partial charge on any atom is -0.486 e. The van der Waals surface area contributed by atoms with E-state index in [4.69, 9.17) is 21.1 Å². The van der Waals surface area contributed by atoms with E-state index in [2.05, 4.69) is 10.0 Å². The predicted molar refractivity (Wildman–Crippen MR) is 117 cm³/mol. The minimum atomic E-state index is -3.78. The number of rotatable bonds is 7. The van der Waals surface area contributed by atoms with Crippen LogP contribution in [0, 0.1) is 5.92 Å². The van der Waals surface area contributed by atoms with Crippen LogP contribution in [0.4, 0.5) is 0 Å². The maximum atomic E-state index is 13.0. The summed E-state index contributed by atoms with van der Waals surface area (Å²) >= 11 is 6.13. The molecule has 0 saturated heterocycles. The largest absolute Gasteiger partial charge is 0.486 e. The average Bonchev–Trinajstić information content (AvgIpc) is 3.54. The Morgan fingerprint density at radius 2 is 1.77 bits per heavy atom. The summed E-state index contributed by atoms with van der Waals surface area (Å²) in [6, 6.07) is 9.53. The Morgan fingerprint density at radius 1 is 1.06 bits per heavy atom. The van der Waals surface area contributed by atoms with E-state index in [0.29, 0.717) is 24.7 Å². The normalized spacial score (nSPS) is 16.8. The highest BCUT2D eigenvalue weighted by atomic mass is 35.5. The number of carbonyl (C=O) groups is 1. The van der Waals surface area contributed by atoms with E-state index in [1.54, 1.807) is 0 Å². The molecule has 1 fully saturated rings. The van der Waals surface area contributed by atoms with Crippen LogP contribution in [-0.2, 0) is 10.0 Å². The van der Waals surface area contributed by atoms with Crippen molar-refractivity contribution in [3.05, 3.63) is 52.5 Å². The van der Waals surface area contributed by atoms with E-state index >= 15 is 0 Å². The lowest BCUT2D eigenvalue weighted by atomic mass is 9.95. The molecule has 4 rings (SSSR count). The Morgan fingerprint density at radius 3 is 2.45 bits per heavy atom. The van der Waals surface area contributed by atoms with Crippen LogP contribution >= 0.6 is 11.6 Å². The van der Waals surface area contributed by atoms with Crippen molar-refractivity contribution in [2.45, 2.75) is 43.7 Å². The third-order valence-corrected chi connectivity index (χ3v) is 7.26. The summed E-state index contributed by atoms with van der Waals surface area (Å²) in [6.45, 7) is 4.98. The van der Waals surface area contributed by atoms with Crippen molar-refractivity contribution >= 4 is 27.5 Å². The second-order valence-electron chi connectivity index (χ2n) is 8.14. The lowest BCUT2D eigenvalue weighted by Gasteiger charge is -2.25. The zero-order valence-corrected chi connectivity index (χ0v) is 18.9. The van der Waals surface area contributed by atoms with Crippen molar-refractivity contribution in [3.63, 3.8) is 0 Å². The first-order valence-electron chi connectivity index (χ1n) is 10.3. The highest BCUT2D eigenvalue weighted by molar-refractivity contribution is 7.89. The molecule has 2 aromatic rings. The lowest BCUT2D eigenvalue weighted by Crippen LogP contribution is -2.32. The molecule has 0 radical (unpaired) electrons. The Kier molecular flexibility index (Phi) is 6.14. The number of carbonyl (C=O) groups excluding carboxylic acids is 1. The van der Waals surface area contributed by atoms with Gasteiger partial charge < -0.3 is 14.8 Å². The molecule has 1 unspecified atom stereocenters. The smallest absolute Gasteiger partial charge is 0.251 e.